The Bertz CT molecular complexity index is 446. The topological polar surface area (TPSA) is 27.7 Å². The Kier molecular flexibility index (Phi) is 3.70. The maximum Gasteiger partial charge on any atom is 0.192 e. The molecule has 3 nitrogen and oxygen atoms in total. The van der Waals surface area contributed by atoms with Gasteiger partial charge >= 0.3 is 0 Å². The normalized spacial score (nSPS) is 44.2. The molecule has 0 aromatic heterocycles. The Balaban J connectivity index is 1.81. The second-order valence-electron chi connectivity index (χ2n) is 10.0. The van der Waals surface area contributed by atoms with E-state index in [1.54, 1.807) is 0 Å². The molecule has 0 radical (unpaired) electrons. The molecule has 1 spiro atoms. The standard InChI is InChI=1S/C18H34O3Si/c1-12-9-18(10-12)11-13(21-22(7,8)16(2,3)4)14-15(18)20-17(5,6)19-14/h12-15H,9-11H2,1-8H3/t12?,13-,14-,15-,18?/m0/s1. The van der Waals surface area contributed by atoms with Gasteiger partial charge in [0.25, 0.3) is 0 Å². The van der Waals surface area contributed by atoms with E-state index >= 15 is 0 Å². The number of ether oxygens (including phenoxy) is 2. The van der Waals surface area contributed by atoms with Crippen LogP contribution in [0.2, 0.25) is 18.1 Å². The molecule has 0 unspecified atom stereocenters. The van der Waals surface area contributed by atoms with Crippen molar-refractivity contribution in [1.29, 1.82) is 0 Å². The van der Waals surface area contributed by atoms with Crippen molar-refractivity contribution in [2.75, 3.05) is 0 Å². The van der Waals surface area contributed by atoms with Crippen LogP contribution in [0.3, 0.4) is 0 Å². The van der Waals surface area contributed by atoms with Gasteiger partial charge in [0.05, 0.1) is 12.2 Å². The first-order valence-corrected chi connectivity index (χ1v) is 11.8. The lowest BCUT2D eigenvalue weighted by atomic mass is 9.60. The maximum atomic E-state index is 6.77. The molecule has 0 aromatic carbocycles. The number of fused-ring (bicyclic) bond motifs is 2. The van der Waals surface area contributed by atoms with Gasteiger partial charge in [-0.3, -0.25) is 0 Å². The van der Waals surface area contributed by atoms with E-state index in [0.29, 0.717) is 5.41 Å². The summed E-state index contributed by atoms with van der Waals surface area (Å²) in [7, 11) is -1.78. The molecule has 0 amide bonds. The van der Waals surface area contributed by atoms with Gasteiger partial charge in [0.15, 0.2) is 14.1 Å². The Morgan fingerprint density at radius 1 is 1.05 bits per heavy atom. The number of hydrogen-bond donors (Lipinski definition) is 0. The summed E-state index contributed by atoms with van der Waals surface area (Å²) in [5.74, 6) is 0.357. The fourth-order valence-electron chi connectivity index (χ4n) is 4.56. The van der Waals surface area contributed by atoms with E-state index in [1.807, 2.05) is 13.8 Å². The lowest BCUT2D eigenvalue weighted by Gasteiger charge is -2.47. The molecule has 128 valence electrons. The van der Waals surface area contributed by atoms with E-state index in [1.165, 1.54) is 12.8 Å². The molecule has 3 fully saturated rings. The lowest BCUT2D eigenvalue weighted by molar-refractivity contribution is -0.185. The van der Waals surface area contributed by atoms with Gasteiger partial charge in [-0.15, -0.1) is 0 Å². The van der Waals surface area contributed by atoms with Crippen LogP contribution in [0.1, 0.15) is 60.8 Å². The predicted molar refractivity (Wildman–Crippen MR) is 91.3 cm³/mol. The molecule has 0 N–H and O–H groups in total. The zero-order chi connectivity index (χ0) is 16.6. The molecule has 3 rings (SSSR count). The van der Waals surface area contributed by atoms with Crippen LogP contribution < -0.4 is 0 Å². The first kappa shape index (κ1) is 16.9. The van der Waals surface area contributed by atoms with Crippen molar-refractivity contribution < 1.29 is 13.9 Å². The minimum absolute atomic E-state index is 0.122. The quantitative estimate of drug-likeness (QED) is 0.687. The van der Waals surface area contributed by atoms with Crippen LogP contribution in [-0.4, -0.2) is 32.4 Å². The van der Waals surface area contributed by atoms with Crippen LogP contribution in [0, 0.1) is 11.3 Å². The van der Waals surface area contributed by atoms with Crippen molar-refractivity contribution in [3.05, 3.63) is 0 Å². The third-order valence-corrected chi connectivity index (χ3v) is 11.0. The van der Waals surface area contributed by atoms with Crippen molar-refractivity contribution in [2.45, 2.75) is 103 Å². The molecule has 2 saturated carbocycles. The van der Waals surface area contributed by atoms with Gasteiger partial charge in [0.1, 0.15) is 6.10 Å². The molecule has 0 bridgehead atoms. The van der Waals surface area contributed by atoms with E-state index in [0.717, 1.165) is 12.3 Å². The molecule has 2 aliphatic carbocycles. The van der Waals surface area contributed by atoms with Crippen LogP contribution in [0.4, 0.5) is 0 Å². The second-order valence-corrected chi connectivity index (χ2v) is 14.8. The van der Waals surface area contributed by atoms with Crippen molar-refractivity contribution in [3.8, 4) is 0 Å². The summed E-state index contributed by atoms with van der Waals surface area (Å²) >= 11 is 0. The molecule has 3 atom stereocenters. The van der Waals surface area contributed by atoms with Crippen molar-refractivity contribution >= 4 is 8.32 Å². The monoisotopic (exact) mass is 326 g/mol. The van der Waals surface area contributed by atoms with Crippen molar-refractivity contribution in [3.63, 3.8) is 0 Å². The van der Waals surface area contributed by atoms with Crippen molar-refractivity contribution in [2.24, 2.45) is 11.3 Å². The molecule has 1 heterocycles. The van der Waals surface area contributed by atoms with Gasteiger partial charge in [0.2, 0.25) is 0 Å². The summed E-state index contributed by atoms with van der Waals surface area (Å²) in [5, 5.41) is 0.236. The highest BCUT2D eigenvalue weighted by Gasteiger charge is 2.65. The van der Waals surface area contributed by atoms with Gasteiger partial charge in [-0.1, -0.05) is 27.7 Å². The summed E-state index contributed by atoms with van der Waals surface area (Å²) in [4.78, 5) is 0. The summed E-state index contributed by atoms with van der Waals surface area (Å²) in [5.41, 5.74) is 0.310. The number of hydrogen-bond acceptors (Lipinski definition) is 3. The minimum atomic E-state index is -1.78. The molecule has 0 aromatic rings. The predicted octanol–water partition coefficient (Wildman–Crippen LogP) is 4.72. The molecule has 3 aliphatic rings. The van der Waals surface area contributed by atoms with E-state index in [-0.39, 0.29) is 23.4 Å². The van der Waals surface area contributed by atoms with Gasteiger partial charge < -0.3 is 13.9 Å². The van der Waals surface area contributed by atoms with Crippen LogP contribution >= 0.6 is 0 Å². The van der Waals surface area contributed by atoms with E-state index in [4.69, 9.17) is 13.9 Å². The fraction of sp³-hybridized carbons (Fsp3) is 1.00. The Labute approximate surface area is 137 Å². The zero-order valence-electron chi connectivity index (χ0n) is 15.7. The molecule has 1 saturated heterocycles. The third-order valence-electron chi connectivity index (χ3n) is 6.47. The molecular weight excluding hydrogens is 292 g/mol. The average Bonchev–Trinajstić information content (AvgIpc) is 2.71. The first-order chi connectivity index (χ1) is 9.85. The van der Waals surface area contributed by atoms with Gasteiger partial charge in [-0.2, -0.15) is 0 Å². The molecule has 4 heteroatoms. The van der Waals surface area contributed by atoms with Gasteiger partial charge in [0, 0.05) is 5.41 Å². The zero-order valence-corrected chi connectivity index (χ0v) is 16.7. The molecule has 1 aliphatic heterocycles. The lowest BCUT2D eigenvalue weighted by Crippen LogP contribution is -2.46. The summed E-state index contributed by atoms with van der Waals surface area (Å²) in [6, 6.07) is 0. The summed E-state index contributed by atoms with van der Waals surface area (Å²) in [6.07, 6.45) is 4.22. The van der Waals surface area contributed by atoms with Crippen LogP contribution in [0.25, 0.3) is 0 Å². The Morgan fingerprint density at radius 3 is 2.14 bits per heavy atom. The van der Waals surface area contributed by atoms with Gasteiger partial charge in [-0.05, 0) is 57.2 Å². The van der Waals surface area contributed by atoms with E-state index in [9.17, 15) is 0 Å². The van der Waals surface area contributed by atoms with Crippen LogP contribution in [0.15, 0.2) is 0 Å². The SMILES string of the molecule is CC1CC2(C1)C[C@H](O[Si](C)(C)C(C)(C)C)[C@@H]1OC(C)(C)O[C@@H]12. The highest BCUT2D eigenvalue weighted by Crippen LogP contribution is 2.61. The summed E-state index contributed by atoms with van der Waals surface area (Å²) < 4.78 is 19.4. The fourth-order valence-corrected chi connectivity index (χ4v) is 5.89. The first-order valence-electron chi connectivity index (χ1n) is 8.89. The molecular formula is C18H34O3Si. The Hall–Kier alpha value is 0.0969. The summed E-state index contributed by atoms with van der Waals surface area (Å²) in [6.45, 7) is 18.1. The largest absolute Gasteiger partial charge is 0.411 e. The number of rotatable bonds is 2. The average molecular weight is 327 g/mol. The van der Waals surface area contributed by atoms with Crippen LogP contribution in [0.5, 0.6) is 0 Å². The smallest absolute Gasteiger partial charge is 0.192 e. The molecule has 22 heavy (non-hydrogen) atoms. The highest BCUT2D eigenvalue weighted by molar-refractivity contribution is 6.74. The van der Waals surface area contributed by atoms with Gasteiger partial charge in [-0.25, -0.2) is 0 Å². The second kappa shape index (κ2) is 4.81. The van der Waals surface area contributed by atoms with E-state index in [2.05, 4.69) is 40.8 Å². The minimum Gasteiger partial charge on any atom is -0.411 e. The van der Waals surface area contributed by atoms with Crippen LogP contribution in [-0.2, 0) is 13.9 Å². The van der Waals surface area contributed by atoms with E-state index < -0.39 is 14.1 Å². The maximum absolute atomic E-state index is 6.77. The third kappa shape index (κ3) is 2.60. The highest BCUT2D eigenvalue weighted by atomic mass is 28.4. The van der Waals surface area contributed by atoms with Crippen molar-refractivity contribution in [1.82, 2.24) is 0 Å². The Morgan fingerprint density at radius 2 is 1.64 bits per heavy atom.